The predicted molar refractivity (Wildman–Crippen MR) is 65.1 cm³/mol. The van der Waals surface area contributed by atoms with E-state index < -0.39 is 0 Å². The number of hydrogen-bond donors (Lipinski definition) is 1. The Hall–Kier alpha value is -0.0800. The van der Waals surface area contributed by atoms with Gasteiger partial charge in [0.05, 0.1) is 0 Å². The highest BCUT2D eigenvalue weighted by molar-refractivity contribution is 4.87. The third-order valence-electron chi connectivity index (χ3n) is 4.21. The van der Waals surface area contributed by atoms with Gasteiger partial charge in [0.25, 0.3) is 0 Å². The average molecular weight is 210 g/mol. The van der Waals surface area contributed by atoms with Gasteiger partial charge in [-0.2, -0.15) is 0 Å². The first-order valence-corrected chi connectivity index (χ1v) is 6.83. The molecular formula is C13H26N2. The molecule has 2 nitrogen and oxygen atoms in total. The first kappa shape index (κ1) is 11.4. The van der Waals surface area contributed by atoms with Gasteiger partial charge in [0.1, 0.15) is 0 Å². The van der Waals surface area contributed by atoms with E-state index in [9.17, 15) is 0 Å². The molecule has 0 spiro atoms. The Morgan fingerprint density at radius 2 is 1.53 bits per heavy atom. The van der Waals surface area contributed by atoms with E-state index in [1.807, 2.05) is 0 Å². The second-order valence-electron chi connectivity index (χ2n) is 5.20. The van der Waals surface area contributed by atoms with E-state index in [4.69, 9.17) is 0 Å². The third-order valence-corrected chi connectivity index (χ3v) is 4.21. The average Bonchev–Trinajstić information content (AvgIpc) is 2.71. The van der Waals surface area contributed by atoms with Gasteiger partial charge in [0.15, 0.2) is 0 Å². The van der Waals surface area contributed by atoms with E-state index in [1.165, 1.54) is 64.5 Å². The normalized spacial score (nSPS) is 35.0. The molecule has 2 rings (SSSR count). The summed E-state index contributed by atoms with van der Waals surface area (Å²) < 4.78 is 0. The van der Waals surface area contributed by atoms with Gasteiger partial charge in [-0.3, -0.25) is 4.90 Å². The lowest BCUT2D eigenvalue weighted by molar-refractivity contribution is 0.166. The van der Waals surface area contributed by atoms with Crippen LogP contribution in [0.3, 0.4) is 0 Å². The molecule has 0 amide bonds. The third kappa shape index (κ3) is 2.94. The van der Waals surface area contributed by atoms with Crippen LogP contribution in [0.25, 0.3) is 0 Å². The van der Waals surface area contributed by atoms with Crippen molar-refractivity contribution in [3.8, 4) is 0 Å². The first-order chi connectivity index (χ1) is 7.42. The van der Waals surface area contributed by atoms with Gasteiger partial charge in [-0.25, -0.2) is 0 Å². The van der Waals surface area contributed by atoms with Crippen LogP contribution in [0.15, 0.2) is 0 Å². The van der Waals surface area contributed by atoms with Gasteiger partial charge >= 0.3 is 0 Å². The maximum absolute atomic E-state index is 3.56. The summed E-state index contributed by atoms with van der Waals surface area (Å²) in [7, 11) is 2.15. The molecule has 1 aliphatic carbocycles. The highest BCUT2D eigenvalue weighted by atomic mass is 15.2. The molecule has 1 heterocycles. The van der Waals surface area contributed by atoms with Crippen molar-refractivity contribution >= 4 is 0 Å². The Morgan fingerprint density at radius 1 is 0.867 bits per heavy atom. The maximum atomic E-state index is 3.56. The number of nitrogens with one attached hydrogen (secondary N) is 1. The summed E-state index contributed by atoms with van der Waals surface area (Å²) in [6.07, 6.45) is 11.4. The maximum Gasteiger partial charge on any atom is 0.0249 e. The molecule has 1 aliphatic heterocycles. The van der Waals surface area contributed by atoms with Crippen molar-refractivity contribution in [3.63, 3.8) is 0 Å². The Labute approximate surface area is 94.4 Å². The molecule has 2 unspecified atom stereocenters. The van der Waals surface area contributed by atoms with Crippen LogP contribution in [-0.4, -0.2) is 37.1 Å². The molecule has 0 aromatic heterocycles. The van der Waals surface area contributed by atoms with E-state index in [0.29, 0.717) is 0 Å². The summed E-state index contributed by atoms with van der Waals surface area (Å²) >= 11 is 0. The minimum Gasteiger partial charge on any atom is -0.315 e. The van der Waals surface area contributed by atoms with Crippen molar-refractivity contribution in [2.45, 2.75) is 63.5 Å². The van der Waals surface area contributed by atoms with Crippen molar-refractivity contribution in [2.75, 3.05) is 20.1 Å². The smallest absolute Gasteiger partial charge is 0.0249 e. The number of likely N-dealkylation sites (N-methyl/N-ethyl adjacent to an activating group) is 1. The lowest BCUT2D eigenvalue weighted by Gasteiger charge is -2.36. The zero-order valence-electron chi connectivity index (χ0n) is 10.2. The minimum atomic E-state index is 0.753. The molecule has 2 fully saturated rings. The molecule has 2 atom stereocenters. The predicted octanol–water partition coefficient (Wildman–Crippen LogP) is 2.39. The lowest BCUT2D eigenvalue weighted by Crippen LogP contribution is -2.48. The molecule has 0 aromatic carbocycles. The molecule has 1 saturated heterocycles. The van der Waals surface area contributed by atoms with Gasteiger partial charge in [-0.15, -0.1) is 0 Å². The molecule has 0 radical (unpaired) electrons. The van der Waals surface area contributed by atoms with Crippen LogP contribution in [0, 0.1) is 0 Å². The molecule has 1 saturated carbocycles. The Bertz CT molecular complexity index is 175. The van der Waals surface area contributed by atoms with Gasteiger partial charge in [-0.05, 0) is 45.8 Å². The van der Waals surface area contributed by atoms with Crippen molar-refractivity contribution in [2.24, 2.45) is 0 Å². The zero-order chi connectivity index (χ0) is 10.5. The Kier molecular flexibility index (Phi) is 4.45. The minimum absolute atomic E-state index is 0.753. The van der Waals surface area contributed by atoms with Gasteiger partial charge in [0, 0.05) is 12.1 Å². The van der Waals surface area contributed by atoms with Crippen LogP contribution < -0.4 is 5.32 Å². The van der Waals surface area contributed by atoms with E-state index in [1.54, 1.807) is 0 Å². The van der Waals surface area contributed by atoms with Gasteiger partial charge in [-0.1, -0.05) is 25.7 Å². The zero-order valence-corrected chi connectivity index (χ0v) is 10.2. The highest BCUT2D eigenvalue weighted by Gasteiger charge is 2.28. The SMILES string of the molecule is CNC1CCCCCCC1N1CCCC1. The van der Waals surface area contributed by atoms with Crippen LogP contribution >= 0.6 is 0 Å². The van der Waals surface area contributed by atoms with Crippen molar-refractivity contribution in [1.82, 2.24) is 10.2 Å². The van der Waals surface area contributed by atoms with Crippen LogP contribution in [-0.2, 0) is 0 Å². The quantitative estimate of drug-likeness (QED) is 0.753. The monoisotopic (exact) mass is 210 g/mol. The summed E-state index contributed by atoms with van der Waals surface area (Å²) in [6.45, 7) is 2.70. The summed E-state index contributed by atoms with van der Waals surface area (Å²) in [5, 5.41) is 3.56. The summed E-state index contributed by atoms with van der Waals surface area (Å²) in [5.41, 5.74) is 0. The molecule has 2 aliphatic rings. The standard InChI is InChI=1S/C13H26N2/c1-14-12-8-4-2-3-5-9-13(12)15-10-6-7-11-15/h12-14H,2-11H2,1H3. The Balaban J connectivity index is 1.95. The Morgan fingerprint density at radius 3 is 2.20 bits per heavy atom. The largest absolute Gasteiger partial charge is 0.315 e. The fourth-order valence-electron chi connectivity index (χ4n) is 3.31. The van der Waals surface area contributed by atoms with Gasteiger partial charge < -0.3 is 5.32 Å². The summed E-state index contributed by atoms with van der Waals surface area (Å²) in [5.74, 6) is 0. The molecule has 1 N–H and O–H groups in total. The van der Waals surface area contributed by atoms with E-state index in [-0.39, 0.29) is 0 Å². The molecular weight excluding hydrogens is 184 g/mol. The second-order valence-corrected chi connectivity index (χ2v) is 5.20. The molecule has 15 heavy (non-hydrogen) atoms. The summed E-state index contributed by atoms with van der Waals surface area (Å²) in [4.78, 5) is 2.74. The molecule has 0 aromatic rings. The van der Waals surface area contributed by atoms with Crippen LogP contribution in [0.5, 0.6) is 0 Å². The number of rotatable bonds is 2. The molecule has 88 valence electrons. The van der Waals surface area contributed by atoms with Crippen LogP contribution in [0.1, 0.15) is 51.4 Å². The summed E-state index contributed by atoms with van der Waals surface area (Å²) in [6, 6.07) is 1.58. The highest BCUT2D eigenvalue weighted by Crippen LogP contribution is 2.24. The molecule has 2 heteroatoms. The van der Waals surface area contributed by atoms with E-state index >= 15 is 0 Å². The van der Waals surface area contributed by atoms with Crippen molar-refractivity contribution in [1.29, 1.82) is 0 Å². The first-order valence-electron chi connectivity index (χ1n) is 6.83. The number of likely N-dealkylation sites (tertiary alicyclic amines) is 1. The number of hydrogen-bond acceptors (Lipinski definition) is 2. The topological polar surface area (TPSA) is 15.3 Å². The van der Waals surface area contributed by atoms with Crippen LogP contribution in [0.4, 0.5) is 0 Å². The van der Waals surface area contributed by atoms with E-state index in [0.717, 1.165) is 12.1 Å². The van der Waals surface area contributed by atoms with Crippen LogP contribution in [0.2, 0.25) is 0 Å². The fourth-order valence-corrected chi connectivity index (χ4v) is 3.31. The second kappa shape index (κ2) is 5.86. The number of nitrogens with zero attached hydrogens (tertiary/aromatic N) is 1. The van der Waals surface area contributed by atoms with Gasteiger partial charge in [0.2, 0.25) is 0 Å². The van der Waals surface area contributed by atoms with E-state index in [2.05, 4.69) is 17.3 Å². The fraction of sp³-hybridized carbons (Fsp3) is 1.00. The lowest BCUT2D eigenvalue weighted by atomic mass is 9.91. The van der Waals surface area contributed by atoms with Crippen molar-refractivity contribution in [3.05, 3.63) is 0 Å². The van der Waals surface area contributed by atoms with Crippen molar-refractivity contribution < 1.29 is 0 Å². The molecule has 0 bridgehead atoms.